The number of nitrogens with zero attached hydrogens (tertiary/aromatic N) is 7. The van der Waals surface area contributed by atoms with Crippen LogP contribution in [0.15, 0.2) is 274 Å². The number of carbonyl (C=O) groups is 5. The van der Waals surface area contributed by atoms with Gasteiger partial charge in [0.2, 0.25) is 5.95 Å². The van der Waals surface area contributed by atoms with Crippen molar-refractivity contribution in [1.82, 2.24) is 34.9 Å². The number of para-hydroxylation sites is 2. The number of ether oxygens (including phenoxy) is 2. The van der Waals surface area contributed by atoms with E-state index in [0.29, 0.717) is 40.1 Å². The summed E-state index contributed by atoms with van der Waals surface area (Å²) >= 11 is 6.12. The minimum absolute atomic E-state index is 0.0460. The normalized spacial score (nSPS) is 10.3. The smallest absolute Gasteiger partial charge is 0.337 e. The molecule has 0 atom stereocenters. The van der Waals surface area contributed by atoms with Crippen LogP contribution in [0.2, 0.25) is 5.02 Å². The number of halogens is 3. The number of carboxylic acids is 5. The third-order valence-electron chi connectivity index (χ3n) is 16.9. The molecule has 0 spiro atoms. The Bertz CT molecular complexity index is 5820. The number of aryl methyl sites for hydroxylation is 4. The number of benzene rings is 7. The first-order valence-electron chi connectivity index (χ1n) is 35.5. The van der Waals surface area contributed by atoms with Crippen LogP contribution in [-0.2, 0) is 0 Å². The van der Waals surface area contributed by atoms with Gasteiger partial charge in [-0.3, -0.25) is 29.9 Å². The fraction of sp³-hybridized carbons (Fsp3) is 0.0787. The van der Waals surface area contributed by atoms with Gasteiger partial charge in [0.1, 0.15) is 11.5 Å². The summed E-state index contributed by atoms with van der Waals surface area (Å²) in [5.41, 5.74) is 16.6. The van der Waals surface area contributed by atoms with Crippen LogP contribution in [0.5, 0.6) is 11.5 Å². The van der Waals surface area contributed by atoms with Crippen LogP contribution in [0.4, 0.5) is 65.7 Å². The SMILES string of the molecule is CCOc1cccc(-c2ccc(Nc3ccccc3C(=O)O)cn2)c1.COc1cccc(-c2ccc(Nc3ccccc3C(=O)O)cn2)c1.Cc1ccc(Nc2ccc(-c3ccncc3Cl)nc2)c(C(=O)O)c1.Cc1ccc(Nc2cnc(-c3ccccn3)c(C)c2)c(C(=O)O)c1.Cc1ccc(Nc2cnc(F)c(F)c2)c(C(=O)O)c1. The first kappa shape index (κ1) is 83.2. The van der Waals surface area contributed by atoms with Crippen LogP contribution >= 0.6 is 11.6 Å². The summed E-state index contributed by atoms with van der Waals surface area (Å²) in [5, 5.41) is 61.8. The standard InChI is InChI=1S/C20H18N2O3.C19H17N3O2.C19H16N2O3.C18H14ClN3O2.C13H10F2N2O2/c1-2-25-16-7-5-6-14(12-16)18-11-10-15(13-21-18)22-19-9-4-3-8-17(19)20(23)24;1-12-6-7-16(15(9-12)19(23)24)22-14-10-13(2)18(21-11-14)17-5-3-4-8-20-17;1-24-15-6-4-5-13(11-15)17-10-9-14(12-20-17)21-18-8-3-2-7-16(18)19(22)23;1-11-2-4-17(14(8-11)18(23)24)22-12-3-5-16(21-9-12)13-6-7-20-10-15(13)19;1-7-2-3-11(9(4-7)13(18)19)17-8-5-10(14)12(15)16-6-8/h3-13,22H,2H2,1H3,(H,23,24);3-11,22H,1-2H3,(H,23,24);2-12,21H,1H3,(H,22,23);2-10,22H,1H3,(H,23,24);2-6,17H,1H3,(H,18,19). The molecule has 0 aliphatic heterocycles. The van der Waals surface area contributed by atoms with Crippen LogP contribution in [0.25, 0.3) is 45.2 Å². The predicted octanol–water partition coefficient (Wildman–Crippen LogP) is 20.6. The fourth-order valence-corrected chi connectivity index (χ4v) is 11.5. The molecule has 0 aliphatic carbocycles. The number of rotatable bonds is 22. The zero-order valence-electron chi connectivity index (χ0n) is 63.0. The fourth-order valence-electron chi connectivity index (χ4n) is 11.3. The van der Waals surface area contributed by atoms with Crippen molar-refractivity contribution in [2.45, 2.75) is 34.6 Å². The monoisotopic (exact) mass is 1580 g/mol. The quantitative estimate of drug-likeness (QED) is 0.0282. The second-order valence-corrected chi connectivity index (χ2v) is 25.7. The molecule has 14 rings (SSSR count). The lowest BCUT2D eigenvalue weighted by atomic mass is 10.1. The van der Waals surface area contributed by atoms with E-state index >= 15 is 0 Å². The molecule has 584 valence electrons. The van der Waals surface area contributed by atoms with Crippen molar-refractivity contribution in [3.63, 3.8) is 0 Å². The van der Waals surface area contributed by atoms with Crippen molar-refractivity contribution in [1.29, 1.82) is 0 Å². The molecule has 14 aromatic rings. The van der Waals surface area contributed by atoms with Crippen molar-refractivity contribution in [3.8, 4) is 56.7 Å². The molecule has 7 heterocycles. The highest BCUT2D eigenvalue weighted by Crippen LogP contribution is 2.33. The van der Waals surface area contributed by atoms with E-state index in [1.54, 1.807) is 148 Å². The number of aromatic nitrogens is 7. The van der Waals surface area contributed by atoms with Crippen molar-refractivity contribution in [2.24, 2.45) is 0 Å². The summed E-state index contributed by atoms with van der Waals surface area (Å²) < 4.78 is 36.4. The molecule has 0 fully saturated rings. The lowest BCUT2D eigenvalue weighted by Crippen LogP contribution is -2.04. The highest BCUT2D eigenvalue weighted by Gasteiger charge is 2.18. The number of hydrogen-bond donors (Lipinski definition) is 10. The number of anilines is 10. The molecule has 0 saturated heterocycles. The number of nitrogens with one attached hydrogen (secondary N) is 5. The van der Waals surface area contributed by atoms with Crippen molar-refractivity contribution < 1.29 is 67.8 Å². The second-order valence-electron chi connectivity index (χ2n) is 25.3. The van der Waals surface area contributed by atoms with Crippen LogP contribution in [0.3, 0.4) is 0 Å². The number of hydrogen-bond acceptors (Lipinski definition) is 19. The first-order chi connectivity index (χ1) is 55.9. The number of pyridine rings is 7. The second kappa shape index (κ2) is 40.1. The van der Waals surface area contributed by atoms with Gasteiger partial charge in [-0.05, 0) is 186 Å². The van der Waals surface area contributed by atoms with Gasteiger partial charge in [0.15, 0.2) is 5.82 Å². The summed E-state index contributed by atoms with van der Waals surface area (Å²) in [6.07, 6.45) is 12.7. The molecule has 116 heavy (non-hydrogen) atoms. The molecule has 24 nitrogen and oxygen atoms in total. The van der Waals surface area contributed by atoms with E-state index in [4.69, 9.17) is 26.2 Å². The maximum atomic E-state index is 13.0. The summed E-state index contributed by atoms with van der Waals surface area (Å²) in [7, 11) is 1.62. The largest absolute Gasteiger partial charge is 0.497 e. The van der Waals surface area contributed by atoms with Crippen molar-refractivity contribution in [3.05, 3.63) is 341 Å². The van der Waals surface area contributed by atoms with E-state index in [9.17, 15) is 53.2 Å². The van der Waals surface area contributed by atoms with E-state index in [2.05, 4.69) is 61.5 Å². The molecule has 0 saturated carbocycles. The van der Waals surface area contributed by atoms with Gasteiger partial charge in [-0.15, -0.1) is 0 Å². The molecular weight excluding hydrogens is 1500 g/mol. The van der Waals surface area contributed by atoms with Gasteiger partial charge in [0.05, 0.1) is 163 Å². The van der Waals surface area contributed by atoms with E-state index < -0.39 is 41.6 Å². The average molecular weight is 1580 g/mol. The molecule has 7 aromatic carbocycles. The van der Waals surface area contributed by atoms with Gasteiger partial charge in [-0.1, -0.05) is 101 Å². The molecule has 0 bridgehead atoms. The Morgan fingerprint density at radius 1 is 0.379 bits per heavy atom. The Kier molecular flexibility index (Phi) is 28.7. The number of carboxylic acid groups (broad SMARTS) is 5. The minimum Gasteiger partial charge on any atom is -0.497 e. The Morgan fingerprint density at radius 2 is 0.802 bits per heavy atom. The number of aromatic carboxylic acids is 5. The Hall–Kier alpha value is -15.3. The summed E-state index contributed by atoms with van der Waals surface area (Å²) in [6.45, 7) is 9.99. The molecule has 0 radical (unpaired) electrons. The lowest BCUT2D eigenvalue weighted by Gasteiger charge is -2.12. The van der Waals surface area contributed by atoms with E-state index in [-0.39, 0.29) is 39.2 Å². The summed E-state index contributed by atoms with van der Waals surface area (Å²) in [6, 6.07) is 65.6. The average Bonchev–Trinajstić information content (AvgIpc) is 0.822. The molecule has 0 amide bonds. The van der Waals surface area contributed by atoms with E-state index in [1.165, 1.54) is 6.07 Å². The first-order valence-corrected chi connectivity index (χ1v) is 35.8. The topological polar surface area (TPSA) is 355 Å². The predicted molar refractivity (Wildman–Crippen MR) is 444 cm³/mol. The molecule has 10 N–H and O–H groups in total. The number of methoxy groups -OCH3 is 1. The summed E-state index contributed by atoms with van der Waals surface area (Å²) in [4.78, 5) is 85.6. The highest BCUT2D eigenvalue weighted by molar-refractivity contribution is 6.33. The van der Waals surface area contributed by atoms with Gasteiger partial charge in [0.25, 0.3) is 0 Å². The molecular formula is C89H75ClF2N12O12. The molecule has 0 unspecified atom stereocenters. The third kappa shape index (κ3) is 23.2. The zero-order chi connectivity index (χ0) is 82.8. The van der Waals surface area contributed by atoms with Gasteiger partial charge in [-0.25, -0.2) is 33.3 Å². The maximum absolute atomic E-state index is 13.0. The highest BCUT2D eigenvalue weighted by atomic mass is 35.5. The van der Waals surface area contributed by atoms with Crippen molar-refractivity contribution in [2.75, 3.05) is 40.3 Å². The van der Waals surface area contributed by atoms with Gasteiger partial charge in [-0.2, -0.15) is 4.39 Å². The molecule has 0 aliphatic rings. The van der Waals surface area contributed by atoms with Crippen LogP contribution in [0.1, 0.15) is 81.0 Å². The Balaban J connectivity index is 0.000000153. The van der Waals surface area contributed by atoms with Crippen LogP contribution in [-0.4, -0.2) is 104 Å². The Labute approximate surface area is 670 Å². The summed E-state index contributed by atoms with van der Waals surface area (Å²) in [5.74, 6) is -5.72. The minimum atomic E-state index is -1.20. The van der Waals surface area contributed by atoms with Gasteiger partial charge >= 0.3 is 29.8 Å². The van der Waals surface area contributed by atoms with E-state index in [0.717, 1.165) is 108 Å². The zero-order valence-corrected chi connectivity index (χ0v) is 63.8. The van der Waals surface area contributed by atoms with Crippen molar-refractivity contribution >= 4 is 98.3 Å². The maximum Gasteiger partial charge on any atom is 0.337 e. The molecule has 27 heteroatoms. The Morgan fingerprint density at radius 3 is 1.22 bits per heavy atom. The molecule has 7 aromatic heterocycles. The van der Waals surface area contributed by atoms with Gasteiger partial charge < -0.3 is 61.6 Å². The van der Waals surface area contributed by atoms with Crippen LogP contribution < -0.4 is 36.1 Å². The van der Waals surface area contributed by atoms with Crippen LogP contribution in [0, 0.1) is 39.5 Å². The van der Waals surface area contributed by atoms with E-state index in [1.807, 2.05) is 149 Å². The third-order valence-corrected chi connectivity index (χ3v) is 17.2. The van der Waals surface area contributed by atoms with Gasteiger partial charge in [0, 0.05) is 41.3 Å². The lowest BCUT2D eigenvalue weighted by molar-refractivity contribution is 0.0687.